The van der Waals surface area contributed by atoms with Gasteiger partial charge in [0.05, 0.1) is 0 Å². The summed E-state index contributed by atoms with van der Waals surface area (Å²) in [5.41, 5.74) is 2.65. The van der Waals surface area contributed by atoms with Gasteiger partial charge >= 0.3 is 0 Å². The van der Waals surface area contributed by atoms with Crippen LogP contribution in [0.15, 0.2) is 54.6 Å². The Morgan fingerprint density at radius 1 is 0.588 bits per heavy atom. The summed E-state index contributed by atoms with van der Waals surface area (Å²) in [5.74, 6) is 0. The third-order valence-electron chi connectivity index (χ3n) is 3.46. The van der Waals surface area contributed by atoms with Gasteiger partial charge in [0.15, 0.2) is 0 Å². The molecule has 0 saturated carbocycles. The Kier molecular flexibility index (Phi) is 1.70. The summed E-state index contributed by atoms with van der Waals surface area (Å²) < 4.78 is 0. The Bertz CT molecular complexity index is 763. The SMILES string of the molecule is [CH]1C=Cc2cc3cc4ccccc4cc3cc21. The van der Waals surface area contributed by atoms with Crippen LogP contribution in [0.2, 0.25) is 0 Å². The number of benzene rings is 3. The van der Waals surface area contributed by atoms with Crippen molar-refractivity contribution < 1.29 is 0 Å². The van der Waals surface area contributed by atoms with Crippen molar-refractivity contribution in [3.8, 4) is 0 Å². The van der Waals surface area contributed by atoms with Gasteiger partial charge in [-0.15, -0.1) is 0 Å². The molecule has 0 N–H and O–H groups in total. The standard InChI is InChI=1S/C17H11/c1-2-5-13-9-17-11-15-7-3-6-14(15)10-16(17)8-12(13)4-1/h1-11H. The highest BCUT2D eigenvalue weighted by atomic mass is 14.1. The molecule has 0 saturated heterocycles. The summed E-state index contributed by atoms with van der Waals surface area (Å²) in [5, 5.41) is 5.27. The normalized spacial score (nSPS) is 13.4. The van der Waals surface area contributed by atoms with Crippen molar-refractivity contribution in [2.24, 2.45) is 0 Å². The third kappa shape index (κ3) is 1.31. The van der Waals surface area contributed by atoms with Gasteiger partial charge in [-0.05, 0) is 56.9 Å². The summed E-state index contributed by atoms with van der Waals surface area (Å²) in [6.07, 6.45) is 6.46. The molecule has 0 fully saturated rings. The van der Waals surface area contributed by atoms with Crippen molar-refractivity contribution in [3.05, 3.63) is 72.2 Å². The summed E-state index contributed by atoms with van der Waals surface area (Å²) in [4.78, 5) is 0. The lowest BCUT2D eigenvalue weighted by atomic mass is 9.99. The van der Waals surface area contributed by atoms with E-state index in [1.165, 1.54) is 32.7 Å². The van der Waals surface area contributed by atoms with Crippen LogP contribution >= 0.6 is 0 Å². The maximum Gasteiger partial charge on any atom is 0.0131 e. The molecule has 0 heterocycles. The van der Waals surface area contributed by atoms with Crippen LogP contribution in [0.1, 0.15) is 11.1 Å². The van der Waals surface area contributed by atoms with E-state index in [0.717, 1.165) is 0 Å². The van der Waals surface area contributed by atoms with Crippen LogP contribution in [0.5, 0.6) is 0 Å². The molecule has 1 aliphatic carbocycles. The summed E-state index contributed by atoms with van der Waals surface area (Å²) >= 11 is 0. The van der Waals surface area contributed by atoms with Gasteiger partial charge in [-0.25, -0.2) is 0 Å². The smallest absolute Gasteiger partial charge is 0.0131 e. The van der Waals surface area contributed by atoms with E-state index in [-0.39, 0.29) is 0 Å². The van der Waals surface area contributed by atoms with E-state index >= 15 is 0 Å². The van der Waals surface area contributed by atoms with Gasteiger partial charge in [0, 0.05) is 6.42 Å². The van der Waals surface area contributed by atoms with Gasteiger partial charge < -0.3 is 0 Å². The second-order valence-corrected chi connectivity index (χ2v) is 4.55. The average Bonchev–Trinajstić information content (AvgIpc) is 2.80. The lowest BCUT2D eigenvalue weighted by Gasteiger charge is -2.05. The quantitative estimate of drug-likeness (QED) is 0.482. The molecule has 3 aromatic rings. The predicted molar refractivity (Wildman–Crippen MR) is 73.9 cm³/mol. The van der Waals surface area contributed by atoms with Gasteiger partial charge in [0.1, 0.15) is 0 Å². The fourth-order valence-electron chi connectivity index (χ4n) is 2.57. The number of allylic oxidation sites excluding steroid dienone is 1. The van der Waals surface area contributed by atoms with Crippen LogP contribution in [0.3, 0.4) is 0 Å². The van der Waals surface area contributed by atoms with Crippen molar-refractivity contribution in [2.75, 3.05) is 0 Å². The molecule has 3 aromatic carbocycles. The molecule has 0 unspecified atom stereocenters. The van der Waals surface area contributed by atoms with Gasteiger partial charge in [0.25, 0.3) is 0 Å². The first-order chi connectivity index (χ1) is 8.40. The highest BCUT2D eigenvalue weighted by Crippen LogP contribution is 2.29. The van der Waals surface area contributed by atoms with Crippen LogP contribution in [-0.4, -0.2) is 0 Å². The summed E-state index contributed by atoms with van der Waals surface area (Å²) in [6.45, 7) is 0. The second-order valence-electron chi connectivity index (χ2n) is 4.55. The molecular formula is C17H11. The molecule has 4 rings (SSSR count). The summed E-state index contributed by atoms with van der Waals surface area (Å²) in [7, 11) is 0. The number of hydrogen-bond acceptors (Lipinski definition) is 0. The molecule has 79 valence electrons. The first-order valence-corrected chi connectivity index (χ1v) is 5.88. The van der Waals surface area contributed by atoms with E-state index in [4.69, 9.17) is 0 Å². The molecule has 17 heavy (non-hydrogen) atoms. The van der Waals surface area contributed by atoms with Crippen molar-refractivity contribution in [1.82, 2.24) is 0 Å². The van der Waals surface area contributed by atoms with Crippen LogP contribution in [0, 0.1) is 6.42 Å². The minimum absolute atomic E-state index is 1.31. The molecule has 0 spiro atoms. The minimum atomic E-state index is 1.31. The molecule has 0 heteroatoms. The molecule has 0 aromatic heterocycles. The zero-order chi connectivity index (χ0) is 11.2. The van der Waals surface area contributed by atoms with E-state index in [9.17, 15) is 0 Å². The fraction of sp³-hybridized carbons (Fsp3) is 0. The molecule has 0 nitrogen and oxygen atoms in total. The topological polar surface area (TPSA) is 0 Å². The third-order valence-corrected chi connectivity index (χ3v) is 3.46. The van der Waals surface area contributed by atoms with E-state index in [0.29, 0.717) is 0 Å². The fourth-order valence-corrected chi connectivity index (χ4v) is 2.57. The first kappa shape index (κ1) is 9.00. The van der Waals surface area contributed by atoms with Gasteiger partial charge in [0.2, 0.25) is 0 Å². The number of hydrogen-bond donors (Lipinski definition) is 0. The lowest BCUT2D eigenvalue weighted by molar-refractivity contribution is 1.59. The lowest BCUT2D eigenvalue weighted by Crippen LogP contribution is -1.82. The van der Waals surface area contributed by atoms with Crippen LogP contribution in [0.25, 0.3) is 27.6 Å². The Labute approximate surface area is 100 Å². The molecule has 0 aliphatic heterocycles. The van der Waals surface area contributed by atoms with E-state index in [1.807, 2.05) is 0 Å². The Morgan fingerprint density at radius 3 is 1.94 bits per heavy atom. The maximum absolute atomic E-state index is 2.27. The van der Waals surface area contributed by atoms with E-state index in [1.54, 1.807) is 0 Å². The average molecular weight is 215 g/mol. The van der Waals surface area contributed by atoms with Crippen molar-refractivity contribution in [3.63, 3.8) is 0 Å². The highest BCUT2D eigenvalue weighted by Gasteiger charge is 2.07. The zero-order valence-corrected chi connectivity index (χ0v) is 9.35. The largest absolute Gasteiger partial charge is 0.0755 e. The van der Waals surface area contributed by atoms with Crippen molar-refractivity contribution >= 4 is 27.6 Å². The predicted octanol–water partition coefficient (Wildman–Crippen LogP) is 4.57. The number of fused-ring (bicyclic) bond motifs is 3. The van der Waals surface area contributed by atoms with E-state index < -0.39 is 0 Å². The van der Waals surface area contributed by atoms with Crippen LogP contribution in [0.4, 0.5) is 0 Å². The molecule has 0 amide bonds. The molecular weight excluding hydrogens is 204 g/mol. The monoisotopic (exact) mass is 215 g/mol. The first-order valence-electron chi connectivity index (χ1n) is 5.88. The molecule has 0 bridgehead atoms. The van der Waals surface area contributed by atoms with Crippen LogP contribution < -0.4 is 0 Å². The molecule has 1 radical (unpaired) electrons. The Hall–Kier alpha value is -2.08. The van der Waals surface area contributed by atoms with E-state index in [2.05, 4.69) is 67.1 Å². The maximum atomic E-state index is 2.27. The Balaban J connectivity index is 2.14. The van der Waals surface area contributed by atoms with Gasteiger partial charge in [-0.2, -0.15) is 0 Å². The molecule has 1 aliphatic rings. The van der Waals surface area contributed by atoms with Crippen molar-refractivity contribution in [2.45, 2.75) is 0 Å². The summed E-state index contributed by atoms with van der Waals surface area (Å²) in [6, 6.07) is 17.6. The van der Waals surface area contributed by atoms with Crippen LogP contribution in [-0.2, 0) is 0 Å². The Morgan fingerprint density at radius 2 is 1.24 bits per heavy atom. The molecule has 0 atom stereocenters. The minimum Gasteiger partial charge on any atom is -0.0755 e. The highest BCUT2D eigenvalue weighted by molar-refractivity contribution is 5.99. The number of rotatable bonds is 0. The zero-order valence-electron chi connectivity index (χ0n) is 9.35. The van der Waals surface area contributed by atoms with Gasteiger partial charge in [-0.1, -0.05) is 36.4 Å². The second kappa shape index (κ2) is 3.21. The van der Waals surface area contributed by atoms with Crippen molar-refractivity contribution in [1.29, 1.82) is 0 Å². The van der Waals surface area contributed by atoms with Gasteiger partial charge in [-0.3, -0.25) is 0 Å².